The van der Waals surface area contributed by atoms with Gasteiger partial charge in [-0.2, -0.15) is 4.98 Å². The van der Waals surface area contributed by atoms with Gasteiger partial charge in [-0.3, -0.25) is 14.6 Å². The third-order valence-electron chi connectivity index (χ3n) is 4.68. The smallest absolute Gasteiger partial charge is 0.254 e. The van der Waals surface area contributed by atoms with Gasteiger partial charge >= 0.3 is 0 Å². The summed E-state index contributed by atoms with van der Waals surface area (Å²) in [6.07, 6.45) is 3.64. The Morgan fingerprint density at radius 2 is 2.00 bits per heavy atom. The summed E-state index contributed by atoms with van der Waals surface area (Å²) in [4.78, 5) is 36.5. The molecule has 1 aromatic carbocycles. The Morgan fingerprint density at radius 3 is 2.66 bits per heavy atom. The van der Waals surface area contributed by atoms with Gasteiger partial charge in [0.05, 0.1) is 6.04 Å². The Morgan fingerprint density at radius 1 is 1.24 bits per heavy atom. The number of carbonyl (C=O) groups is 2. The van der Waals surface area contributed by atoms with Crippen molar-refractivity contribution in [3.05, 3.63) is 41.1 Å². The molecule has 1 unspecified atom stereocenters. The molecule has 2 heterocycles. The number of primary amides is 2. The number of hydrogen-bond acceptors (Lipinski definition) is 7. The molecule has 0 bridgehead atoms. The molecule has 0 saturated heterocycles. The second-order valence-electron chi connectivity index (χ2n) is 7.44. The summed E-state index contributed by atoms with van der Waals surface area (Å²) in [5, 5.41) is 6.11. The molecular formula is C20H25N7O2. The molecule has 2 amide bonds. The van der Waals surface area contributed by atoms with Gasteiger partial charge in [0.1, 0.15) is 17.4 Å². The predicted octanol–water partition coefficient (Wildman–Crippen LogP) is 2.12. The summed E-state index contributed by atoms with van der Waals surface area (Å²) < 4.78 is 0. The molecule has 3 rings (SSSR count). The molecule has 6 N–H and O–H groups in total. The Labute approximate surface area is 169 Å². The van der Waals surface area contributed by atoms with Crippen LogP contribution in [0.1, 0.15) is 54.7 Å². The number of rotatable bonds is 8. The number of nitrogens with one attached hydrogen (secondary N) is 2. The van der Waals surface area contributed by atoms with E-state index in [1.54, 1.807) is 6.21 Å². The highest BCUT2D eigenvalue weighted by Gasteiger charge is 2.21. The largest absolute Gasteiger partial charge is 0.368 e. The van der Waals surface area contributed by atoms with E-state index in [4.69, 9.17) is 11.5 Å². The highest BCUT2D eigenvalue weighted by Crippen LogP contribution is 2.32. The first-order chi connectivity index (χ1) is 13.8. The summed E-state index contributed by atoms with van der Waals surface area (Å²) in [5.41, 5.74) is 13.9. The SMILES string of the molecule is CC(C)C[C@@H](Nc1ncc(C(N)=O)c(Nc2cccc3c2C=NC3C)n1)C(N)=O. The van der Waals surface area contributed by atoms with Gasteiger partial charge in [0, 0.05) is 23.7 Å². The first kappa shape index (κ1) is 20.2. The highest BCUT2D eigenvalue weighted by atomic mass is 16.1. The van der Waals surface area contributed by atoms with Crippen molar-refractivity contribution in [2.24, 2.45) is 22.4 Å². The fraction of sp³-hybridized carbons (Fsp3) is 0.350. The van der Waals surface area contributed by atoms with E-state index in [2.05, 4.69) is 25.6 Å². The van der Waals surface area contributed by atoms with Crippen LogP contribution in [0.15, 0.2) is 29.4 Å². The molecule has 0 saturated carbocycles. The van der Waals surface area contributed by atoms with Crippen molar-refractivity contribution in [3.63, 3.8) is 0 Å². The number of nitrogens with zero attached hydrogens (tertiary/aromatic N) is 3. The number of fused-ring (bicyclic) bond motifs is 1. The molecule has 0 spiro atoms. The average Bonchev–Trinajstić information content (AvgIpc) is 3.03. The lowest BCUT2D eigenvalue weighted by atomic mass is 10.0. The first-order valence-electron chi connectivity index (χ1n) is 9.42. The van der Waals surface area contributed by atoms with Crippen molar-refractivity contribution >= 4 is 35.5 Å². The second kappa shape index (κ2) is 8.26. The monoisotopic (exact) mass is 395 g/mol. The average molecular weight is 395 g/mol. The van der Waals surface area contributed by atoms with Crippen LogP contribution in [0.4, 0.5) is 17.5 Å². The Balaban J connectivity index is 1.94. The lowest BCUT2D eigenvalue weighted by Crippen LogP contribution is -2.37. The fourth-order valence-electron chi connectivity index (χ4n) is 3.20. The van der Waals surface area contributed by atoms with Gasteiger partial charge in [0.2, 0.25) is 11.9 Å². The summed E-state index contributed by atoms with van der Waals surface area (Å²) in [6.45, 7) is 5.98. The lowest BCUT2D eigenvalue weighted by Gasteiger charge is -2.18. The van der Waals surface area contributed by atoms with Crippen molar-refractivity contribution in [1.82, 2.24) is 9.97 Å². The number of benzene rings is 1. The van der Waals surface area contributed by atoms with Gasteiger partial charge in [-0.15, -0.1) is 0 Å². The minimum absolute atomic E-state index is 0.0670. The zero-order valence-corrected chi connectivity index (χ0v) is 16.6. The molecule has 0 aliphatic carbocycles. The van der Waals surface area contributed by atoms with E-state index in [0.717, 1.165) is 16.8 Å². The van der Waals surface area contributed by atoms with Crippen LogP contribution in [0.5, 0.6) is 0 Å². The van der Waals surface area contributed by atoms with Crippen molar-refractivity contribution < 1.29 is 9.59 Å². The number of anilines is 3. The molecule has 152 valence electrons. The van der Waals surface area contributed by atoms with Crippen molar-refractivity contribution in [3.8, 4) is 0 Å². The number of aliphatic imine (C=N–C) groups is 1. The molecule has 1 aromatic heterocycles. The summed E-state index contributed by atoms with van der Waals surface area (Å²) in [6, 6.07) is 5.22. The van der Waals surface area contributed by atoms with E-state index in [1.165, 1.54) is 6.20 Å². The van der Waals surface area contributed by atoms with E-state index in [0.29, 0.717) is 6.42 Å². The fourth-order valence-corrected chi connectivity index (χ4v) is 3.20. The van der Waals surface area contributed by atoms with Crippen LogP contribution in [-0.2, 0) is 4.79 Å². The Hall–Kier alpha value is -3.49. The van der Waals surface area contributed by atoms with Crippen molar-refractivity contribution in [2.45, 2.75) is 39.3 Å². The van der Waals surface area contributed by atoms with Crippen LogP contribution in [0.3, 0.4) is 0 Å². The van der Waals surface area contributed by atoms with Gasteiger partial charge in [-0.25, -0.2) is 4.98 Å². The third-order valence-corrected chi connectivity index (χ3v) is 4.68. The van der Waals surface area contributed by atoms with Crippen LogP contribution in [0.2, 0.25) is 0 Å². The molecule has 9 nitrogen and oxygen atoms in total. The number of carbonyl (C=O) groups excluding carboxylic acids is 2. The summed E-state index contributed by atoms with van der Waals surface area (Å²) >= 11 is 0. The van der Waals surface area contributed by atoms with Crippen LogP contribution in [0.25, 0.3) is 0 Å². The van der Waals surface area contributed by atoms with Gasteiger partial charge in [-0.05, 0) is 30.9 Å². The highest BCUT2D eigenvalue weighted by molar-refractivity contribution is 6.00. The Bertz CT molecular complexity index is 971. The normalized spacial score (nSPS) is 15.8. The lowest BCUT2D eigenvalue weighted by molar-refractivity contribution is -0.119. The standard InChI is InChI=1S/C20H25N7O2/c1-10(2)7-16(18(22)29)26-20-24-9-14(17(21)28)19(27-20)25-15-6-4-5-12-11(3)23-8-13(12)15/h4-6,8-11,16H,7H2,1-3H3,(H2,21,28)(H2,22,29)(H2,24,25,26,27)/t11?,16-/m1/s1. The zero-order valence-electron chi connectivity index (χ0n) is 16.6. The topological polar surface area (TPSA) is 148 Å². The van der Waals surface area contributed by atoms with E-state index < -0.39 is 17.9 Å². The third kappa shape index (κ3) is 4.50. The molecule has 0 radical (unpaired) electrons. The molecule has 1 aliphatic rings. The van der Waals surface area contributed by atoms with Gasteiger partial charge in [-0.1, -0.05) is 26.0 Å². The number of amides is 2. The van der Waals surface area contributed by atoms with Crippen molar-refractivity contribution in [2.75, 3.05) is 10.6 Å². The quantitative estimate of drug-likeness (QED) is 0.538. The molecule has 1 aliphatic heterocycles. The van der Waals surface area contributed by atoms with Gasteiger partial charge < -0.3 is 22.1 Å². The van der Waals surface area contributed by atoms with Crippen LogP contribution < -0.4 is 22.1 Å². The number of aromatic nitrogens is 2. The minimum atomic E-state index is -0.665. The molecule has 29 heavy (non-hydrogen) atoms. The maximum absolute atomic E-state index is 11.9. The van der Waals surface area contributed by atoms with E-state index >= 15 is 0 Å². The molecule has 0 fully saturated rings. The molecule has 9 heteroatoms. The predicted molar refractivity (Wildman–Crippen MR) is 112 cm³/mol. The zero-order chi connectivity index (χ0) is 21.1. The van der Waals surface area contributed by atoms with Crippen LogP contribution in [0, 0.1) is 5.92 Å². The van der Waals surface area contributed by atoms with E-state index in [-0.39, 0.29) is 29.3 Å². The summed E-state index contributed by atoms with van der Waals surface area (Å²) in [5.74, 6) is -0.500. The van der Waals surface area contributed by atoms with E-state index in [1.807, 2.05) is 39.0 Å². The van der Waals surface area contributed by atoms with E-state index in [9.17, 15) is 9.59 Å². The van der Waals surface area contributed by atoms with Gasteiger partial charge in [0.15, 0.2) is 0 Å². The summed E-state index contributed by atoms with van der Waals surface area (Å²) in [7, 11) is 0. The second-order valence-corrected chi connectivity index (χ2v) is 7.44. The molecule has 2 atom stereocenters. The maximum Gasteiger partial charge on any atom is 0.254 e. The van der Waals surface area contributed by atoms with Crippen molar-refractivity contribution in [1.29, 1.82) is 0 Å². The molecule has 2 aromatic rings. The minimum Gasteiger partial charge on any atom is -0.368 e. The number of hydrogen-bond donors (Lipinski definition) is 4. The van der Waals surface area contributed by atoms with Gasteiger partial charge in [0.25, 0.3) is 5.91 Å². The molecular weight excluding hydrogens is 370 g/mol. The van der Waals surface area contributed by atoms with Crippen LogP contribution >= 0.6 is 0 Å². The number of nitrogens with two attached hydrogens (primary N) is 2. The first-order valence-corrected chi connectivity index (χ1v) is 9.42. The Kier molecular flexibility index (Phi) is 5.76. The van der Waals surface area contributed by atoms with Crippen LogP contribution in [-0.4, -0.2) is 34.0 Å². The maximum atomic E-state index is 11.9.